The normalized spacial score (nSPS) is 10.3. The number of aryl methyl sites for hydroxylation is 1. The Kier molecular flexibility index (Phi) is 3.85. The van der Waals surface area contributed by atoms with Crippen molar-refractivity contribution in [3.8, 4) is 5.75 Å². The molecule has 1 amide bonds. The molecule has 0 spiro atoms. The van der Waals surface area contributed by atoms with Crippen molar-refractivity contribution in [1.29, 1.82) is 0 Å². The fourth-order valence-corrected chi connectivity index (χ4v) is 1.97. The van der Waals surface area contributed by atoms with Gasteiger partial charge < -0.3 is 10.4 Å². The first-order valence-corrected chi connectivity index (χ1v) is 6.32. The van der Waals surface area contributed by atoms with Crippen molar-refractivity contribution in [1.82, 2.24) is 0 Å². The van der Waals surface area contributed by atoms with Gasteiger partial charge in [0.25, 0.3) is 5.91 Å². The van der Waals surface area contributed by atoms with E-state index in [1.54, 1.807) is 13.0 Å². The molecule has 2 aromatic carbocycles. The van der Waals surface area contributed by atoms with Crippen LogP contribution >= 0.6 is 15.9 Å². The fourth-order valence-electron chi connectivity index (χ4n) is 1.61. The van der Waals surface area contributed by atoms with Crippen molar-refractivity contribution in [2.75, 3.05) is 5.32 Å². The average Bonchev–Trinajstić information content (AvgIpc) is 2.36. The van der Waals surface area contributed by atoms with Crippen molar-refractivity contribution in [3.63, 3.8) is 0 Å². The molecular formula is C14H11BrFNO2. The van der Waals surface area contributed by atoms with Gasteiger partial charge in [-0.3, -0.25) is 4.79 Å². The molecule has 0 unspecified atom stereocenters. The molecule has 98 valence electrons. The Morgan fingerprint density at radius 2 is 2.00 bits per heavy atom. The first-order chi connectivity index (χ1) is 8.97. The highest BCUT2D eigenvalue weighted by Crippen LogP contribution is 2.23. The van der Waals surface area contributed by atoms with Crippen LogP contribution in [0.15, 0.2) is 40.9 Å². The fraction of sp³-hybridized carbons (Fsp3) is 0.0714. The van der Waals surface area contributed by atoms with Gasteiger partial charge in [0.1, 0.15) is 11.6 Å². The average molecular weight is 324 g/mol. The maximum Gasteiger partial charge on any atom is 0.259 e. The minimum absolute atomic E-state index is 0.112. The minimum atomic E-state index is -0.454. The van der Waals surface area contributed by atoms with Crippen LogP contribution in [0.2, 0.25) is 0 Å². The maximum atomic E-state index is 13.1. The Balaban J connectivity index is 2.25. The van der Waals surface area contributed by atoms with Crippen LogP contribution in [-0.2, 0) is 0 Å². The van der Waals surface area contributed by atoms with Crippen molar-refractivity contribution >= 4 is 27.5 Å². The summed E-state index contributed by atoms with van der Waals surface area (Å²) in [4.78, 5) is 12.0. The Morgan fingerprint density at radius 3 is 2.68 bits per heavy atom. The van der Waals surface area contributed by atoms with Crippen molar-refractivity contribution in [2.24, 2.45) is 0 Å². The monoisotopic (exact) mass is 323 g/mol. The van der Waals surface area contributed by atoms with Gasteiger partial charge in [0.05, 0.1) is 5.56 Å². The van der Waals surface area contributed by atoms with E-state index in [4.69, 9.17) is 0 Å². The number of aromatic hydroxyl groups is 1. The van der Waals surface area contributed by atoms with Crippen LogP contribution in [0.1, 0.15) is 15.9 Å². The lowest BCUT2D eigenvalue weighted by atomic mass is 10.1. The number of anilines is 1. The molecule has 0 saturated heterocycles. The molecule has 0 fully saturated rings. The van der Waals surface area contributed by atoms with Crippen molar-refractivity contribution in [2.45, 2.75) is 6.92 Å². The number of rotatable bonds is 2. The van der Waals surface area contributed by atoms with E-state index in [1.165, 1.54) is 30.3 Å². The molecule has 0 heterocycles. The number of nitrogens with one attached hydrogen (secondary N) is 1. The second kappa shape index (κ2) is 5.40. The van der Waals surface area contributed by atoms with E-state index in [0.29, 0.717) is 15.7 Å². The second-order valence-corrected chi connectivity index (χ2v) is 5.00. The molecule has 0 aromatic heterocycles. The highest BCUT2D eigenvalue weighted by molar-refractivity contribution is 9.10. The second-order valence-electron chi connectivity index (χ2n) is 4.08. The van der Waals surface area contributed by atoms with E-state index in [2.05, 4.69) is 21.2 Å². The summed E-state index contributed by atoms with van der Waals surface area (Å²) >= 11 is 3.23. The molecule has 0 bridgehead atoms. The third-order valence-corrected chi connectivity index (χ3v) is 3.11. The van der Waals surface area contributed by atoms with Gasteiger partial charge in [-0.25, -0.2) is 4.39 Å². The Labute approximate surface area is 118 Å². The number of hydrogen-bond acceptors (Lipinski definition) is 2. The molecule has 2 aromatic rings. The van der Waals surface area contributed by atoms with Gasteiger partial charge in [-0.1, -0.05) is 15.9 Å². The van der Waals surface area contributed by atoms with Crippen molar-refractivity contribution < 1.29 is 14.3 Å². The van der Waals surface area contributed by atoms with Gasteiger partial charge in [0.15, 0.2) is 0 Å². The zero-order valence-corrected chi connectivity index (χ0v) is 11.7. The molecule has 0 atom stereocenters. The summed E-state index contributed by atoms with van der Waals surface area (Å²) in [5.41, 5.74) is 1.07. The van der Waals surface area contributed by atoms with Gasteiger partial charge in [-0.2, -0.15) is 0 Å². The van der Waals surface area contributed by atoms with Crippen LogP contribution in [0.4, 0.5) is 10.1 Å². The molecule has 0 aliphatic rings. The molecule has 2 rings (SSSR count). The summed E-state index contributed by atoms with van der Waals surface area (Å²) in [6, 6.07) is 8.85. The standard InChI is InChI=1S/C14H11BrFNO2/c1-8-6-10(3-4-12(8)16)17-14(19)11-7-9(15)2-5-13(11)18/h2-7,18H,1H3,(H,17,19). The number of carbonyl (C=O) groups excluding carboxylic acids is 1. The molecule has 2 N–H and O–H groups in total. The molecule has 0 radical (unpaired) electrons. The Hall–Kier alpha value is -1.88. The van der Waals surface area contributed by atoms with Crippen LogP contribution < -0.4 is 5.32 Å². The highest BCUT2D eigenvalue weighted by Gasteiger charge is 2.12. The van der Waals surface area contributed by atoms with Crippen molar-refractivity contribution in [3.05, 3.63) is 57.8 Å². The summed E-state index contributed by atoms with van der Waals surface area (Å²) in [7, 11) is 0. The smallest absolute Gasteiger partial charge is 0.259 e. The summed E-state index contributed by atoms with van der Waals surface area (Å²) in [6.45, 7) is 1.61. The highest BCUT2D eigenvalue weighted by atomic mass is 79.9. The van der Waals surface area contributed by atoms with Crippen LogP contribution in [0.25, 0.3) is 0 Å². The number of carbonyl (C=O) groups is 1. The van der Waals surface area contributed by atoms with E-state index >= 15 is 0 Å². The quantitative estimate of drug-likeness (QED) is 0.881. The molecule has 0 aliphatic carbocycles. The van der Waals surface area contributed by atoms with Crippen LogP contribution in [0.3, 0.4) is 0 Å². The summed E-state index contributed by atoms with van der Waals surface area (Å²) in [5, 5.41) is 12.2. The topological polar surface area (TPSA) is 49.3 Å². The molecule has 0 aliphatic heterocycles. The van der Waals surface area contributed by atoms with Crippen LogP contribution in [0.5, 0.6) is 5.75 Å². The number of amides is 1. The van der Waals surface area contributed by atoms with Crippen LogP contribution in [-0.4, -0.2) is 11.0 Å². The lowest BCUT2D eigenvalue weighted by Crippen LogP contribution is -2.12. The summed E-state index contributed by atoms with van der Waals surface area (Å²) < 4.78 is 13.8. The predicted molar refractivity (Wildman–Crippen MR) is 74.9 cm³/mol. The lowest BCUT2D eigenvalue weighted by molar-refractivity contribution is 0.102. The molecular weight excluding hydrogens is 313 g/mol. The zero-order valence-electron chi connectivity index (χ0n) is 10.1. The zero-order chi connectivity index (χ0) is 14.0. The molecule has 0 saturated carbocycles. The number of phenolic OH excluding ortho intramolecular Hbond substituents is 1. The third-order valence-electron chi connectivity index (χ3n) is 2.62. The number of phenols is 1. The Morgan fingerprint density at radius 1 is 1.26 bits per heavy atom. The molecule has 3 nitrogen and oxygen atoms in total. The van der Waals surface area contributed by atoms with Gasteiger partial charge >= 0.3 is 0 Å². The van der Waals surface area contributed by atoms with E-state index < -0.39 is 5.91 Å². The summed E-state index contributed by atoms with van der Waals surface area (Å²) in [6.07, 6.45) is 0. The number of halogens is 2. The van der Waals surface area contributed by atoms with E-state index in [-0.39, 0.29) is 17.1 Å². The van der Waals surface area contributed by atoms with E-state index in [9.17, 15) is 14.3 Å². The Bertz CT molecular complexity index is 643. The SMILES string of the molecule is Cc1cc(NC(=O)c2cc(Br)ccc2O)ccc1F. The lowest BCUT2D eigenvalue weighted by Gasteiger charge is -2.08. The van der Waals surface area contributed by atoms with E-state index in [0.717, 1.165) is 0 Å². The first kappa shape index (κ1) is 13.5. The number of benzene rings is 2. The van der Waals surface area contributed by atoms with E-state index in [1.807, 2.05) is 0 Å². The minimum Gasteiger partial charge on any atom is -0.507 e. The van der Waals surface area contributed by atoms with Gasteiger partial charge in [-0.15, -0.1) is 0 Å². The predicted octanol–water partition coefficient (Wildman–Crippen LogP) is 3.85. The maximum absolute atomic E-state index is 13.1. The first-order valence-electron chi connectivity index (χ1n) is 5.53. The largest absolute Gasteiger partial charge is 0.507 e. The van der Waals surface area contributed by atoms with Gasteiger partial charge in [0.2, 0.25) is 0 Å². The summed E-state index contributed by atoms with van der Waals surface area (Å²) in [5.74, 6) is -0.896. The van der Waals surface area contributed by atoms with Gasteiger partial charge in [0, 0.05) is 10.2 Å². The van der Waals surface area contributed by atoms with Gasteiger partial charge in [-0.05, 0) is 48.9 Å². The molecule has 5 heteroatoms. The van der Waals surface area contributed by atoms with Crippen LogP contribution in [0, 0.1) is 12.7 Å². The number of hydrogen-bond donors (Lipinski definition) is 2. The third kappa shape index (κ3) is 3.12. The molecule has 19 heavy (non-hydrogen) atoms.